The number of Topliss-reactive ketones (excluding diaryl/α,β-unsaturated/α-hetero) is 1. The van der Waals surface area contributed by atoms with Crippen molar-refractivity contribution in [2.24, 2.45) is 5.92 Å². The van der Waals surface area contributed by atoms with E-state index in [1.54, 1.807) is 6.07 Å². The first-order valence-corrected chi connectivity index (χ1v) is 11.3. The summed E-state index contributed by atoms with van der Waals surface area (Å²) in [5, 5.41) is 10.6. The molecule has 2 aromatic rings. The lowest BCUT2D eigenvalue weighted by atomic mass is 9.83. The van der Waals surface area contributed by atoms with Crippen molar-refractivity contribution in [2.75, 3.05) is 6.61 Å². The van der Waals surface area contributed by atoms with Gasteiger partial charge in [0, 0.05) is 23.7 Å². The zero-order chi connectivity index (χ0) is 23.3. The van der Waals surface area contributed by atoms with Gasteiger partial charge in [-0.1, -0.05) is 42.1 Å². The normalized spacial score (nSPS) is 19.1. The standard InChI is InChI=1S/C23H24Cl2F3NO3/c24-18-9-8-15(11-19(18)25)17-10-16(12-29-22(17)32-13-23(26,27)28)21(31)7-3-5-14-4-1-2-6-20(14)30/h8-12,14,20,30H,1-7,13H2. The summed E-state index contributed by atoms with van der Waals surface area (Å²) in [6.45, 7) is -1.51. The summed E-state index contributed by atoms with van der Waals surface area (Å²) in [7, 11) is 0. The van der Waals surface area contributed by atoms with E-state index < -0.39 is 12.8 Å². The fraction of sp³-hybridized carbons (Fsp3) is 0.478. The van der Waals surface area contributed by atoms with Crippen LogP contribution >= 0.6 is 23.2 Å². The van der Waals surface area contributed by atoms with Crippen molar-refractivity contribution in [1.29, 1.82) is 0 Å². The van der Waals surface area contributed by atoms with Crippen LogP contribution in [0, 0.1) is 5.92 Å². The number of hydrogen-bond donors (Lipinski definition) is 1. The Morgan fingerprint density at radius 1 is 1.16 bits per heavy atom. The Bertz CT molecular complexity index is 953. The summed E-state index contributed by atoms with van der Waals surface area (Å²) in [4.78, 5) is 16.7. The number of alkyl halides is 3. The van der Waals surface area contributed by atoms with Gasteiger partial charge in [0.2, 0.25) is 5.88 Å². The molecule has 1 fully saturated rings. The molecule has 2 unspecified atom stereocenters. The molecule has 32 heavy (non-hydrogen) atoms. The quantitative estimate of drug-likeness (QED) is 0.409. The number of carbonyl (C=O) groups excluding carboxylic acids is 1. The van der Waals surface area contributed by atoms with Gasteiger partial charge in [-0.05, 0) is 55.4 Å². The summed E-state index contributed by atoms with van der Waals surface area (Å²) in [5.41, 5.74) is 0.931. The smallest absolute Gasteiger partial charge is 0.422 e. The third-order valence-electron chi connectivity index (χ3n) is 5.62. The molecule has 1 aliphatic carbocycles. The van der Waals surface area contributed by atoms with Gasteiger partial charge >= 0.3 is 6.18 Å². The van der Waals surface area contributed by atoms with Crippen LogP contribution in [-0.2, 0) is 0 Å². The second kappa shape index (κ2) is 10.9. The lowest BCUT2D eigenvalue weighted by Gasteiger charge is -2.27. The molecule has 1 aromatic heterocycles. The van der Waals surface area contributed by atoms with E-state index in [9.17, 15) is 23.1 Å². The van der Waals surface area contributed by atoms with Gasteiger partial charge in [-0.2, -0.15) is 13.2 Å². The Morgan fingerprint density at radius 3 is 2.59 bits per heavy atom. The molecule has 0 spiro atoms. The summed E-state index contributed by atoms with van der Waals surface area (Å²) in [5.74, 6) is -0.214. The highest BCUT2D eigenvalue weighted by Crippen LogP contribution is 2.35. The van der Waals surface area contributed by atoms with Gasteiger partial charge in [0.25, 0.3) is 0 Å². The van der Waals surface area contributed by atoms with E-state index in [1.165, 1.54) is 24.4 Å². The molecule has 0 amide bonds. The zero-order valence-corrected chi connectivity index (χ0v) is 18.8. The third kappa shape index (κ3) is 6.83. The maximum atomic E-state index is 12.7. The molecule has 0 aliphatic heterocycles. The second-order valence-electron chi connectivity index (χ2n) is 8.04. The van der Waals surface area contributed by atoms with Crippen LogP contribution in [0.5, 0.6) is 5.88 Å². The van der Waals surface area contributed by atoms with Crippen molar-refractivity contribution in [3.05, 3.63) is 46.1 Å². The lowest BCUT2D eigenvalue weighted by Crippen LogP contribution is -2.24. The average molecular weight is 490 g/mol. The van der Waals surface area contributed by atoms with E-state index in [-0.39, 0.29) is 46.3 Å². The Labute approximate surface area is 194 Å². The predicted molar refractivity (Wildman–Crippen MR) is 117 cm³/mol. The second-order valence-corrected chi connectivity index (χ2v) is 8.85. The third-order valence-corrected chi connectivity index (χ3v) is 6.36. The monoisotopic (exact) mass is 489 g/mol. The van der Waals surface area contributed by atoms with Crippen molar-refractivity contribution in [3.63, 3.8) is 0 Å². The minimum atomic E-state index is -4.53. The summed E-state index contributed by atoms with van der Waals surface area (Å²) >= 11 is 12.0. The number of aliphatic hydroxyl groups is 1. The van der Waals surface area contributed by atoms with Crippen LogP contribution in [0.1, 0.15) is 55.3 Å². The molecule has 0 radical (unpaired) electrons. The first-order valence-electron chi connectivity index (χ1n) is 10.5. The Morgan fingerprint density at radius 2 is 1.91 bits per heavy atom. The van der Waals surface area contributed by atoms with Gasteiger partial charge in [0.1, 0.15) is 0 Å². The fourth-order valence-corrected chi connectivity index (χ4v) is 4.23. The molecule has 1 N–H and O–H groups in total. The predicted octanol–water partition coefficient (Wildman–Crippen LogP) is 6.90. The van der Waals surface area contributed by atoms with Gasteiger partial charge in [-0.15, -0.1) is 0 Å². The van der Waals surface area contributed by atoms with Crippen LogP contribution in [0.2, 0.25) is 10.0 Å². The highest BCUT2D eigenvalue weighted by molar-refractivity contribution is 6.42. The van der Waals surface area contributed by atoms with E-state index >= 15 is 0 Å². The molecule has 0 bridgehead atoms. The SMILES string of the molecule is O=C(CCCC1CCCCC1O)c1cnc(OCC(F)(F)F)c(-c2ccc(Cl)c(Cl)c2)c1. The fourth-order valence-electron chi connectivity index (χ4n) is 3.93. The van der Waals surface area contributed by atoms with E-state index in [0.717, 1.165) is 32.1 Å². The Balaban J connectivity index is 1.77. The number of pyridine rings is 1. The maximum absolute atomic E-state index is 12.7. The van der Waals surface area contributed by atoms with E-state index in [4.69, 9.17) is 27.9 Å². The van der Waals surface area contributed by atoms with Crippen LogP contribution in [0.4, 0.5) is 13.2 Å². The number of ether oxygens (including phenoxy) is 1. The largest absolute Gasteiger partial charge is 0.468 e. The number of benzene rings is 1. The first kappa shape index (κ1) is 24.8. The van der Waals surface area contributed by atoms with Crippen molar-refractivity contribution in [1.82, 2.24) is 4.98 Å². The number of hydrogen-bond acceptors (Lipinski definition) is 4. The maximum Gasteiger partial charge on any atom is 0.422 e. The molecule has 4 nitrogen and oxygen atoms in total. The average Bonchev–Trinajstić information content (AvgIpc) is 2.75. The van der Waals surface area contributed by atoms with E-state index in [2.05, 4.69) is 4.98 Å². The lowest BCUT2D eigenvalue weighted by molar-refractivity contribution is -0.154. The molecule has 1 saturated carbocycles. The molecule has 9 heteroatoms. The van der Waals surface area contributed by atoms with Crippen LogP contribution < -0.4 is 4.74 Å². The molecule has 1 aromatic carbocycles. The van der Waals surface area contributed by atoms with Crippen LogP contribution in [0.25, 0.3) is 11.1 Å². The van der Waals surface area contributed by atoms with Crippen molar-refractivity contribution < 1.29 is 27.8 Å². The summed E-state index contributed by atoms with van der Waals surface area (Å²) < 4.78 is 42.9. The number of halogens is 5. The number of carbonyl (C=O) groups is 1. The molecule has 174 valence electrons. The van der Waals surface area contributed by atoms with Crippen molar-refractivity contribution in [2.45, 2.75) is 57.2 Å². The van der Waals surface area contributed by atoms with Crippen LogP contribution in [-0.4, -0.2) is 34.8 Å². The number of aliphatic hydroxyl groups excluding tert-OH is 1. The summed E-state index contributed by atoms with van der Waals surface area (Å²) in [6.07, 6.45) is 1.90. The van der Waals surface area contributed by atoms with Crippen LogP contribution in [0.15, 0.2) is 30.5 Å². The molecule has 2 atom stereocenters. The first-order chi connectivity index (χ1) is 15.1. The van der Waals surface area contributed by atoms with E-state index in [0.29, 0.717) is 17.0 Å². The van der Waals surface area contributed by atoms with Gasteiger partial charge in [-0.3, -0.25) is 4.79 Å². The van der Waals surface area contributed by atoms with Gasteiger partial charge in [-0.25, -0.2) is 4.98 Å². The minimum absolute atomic E-state index is 0.175. The zero-order valence-electron chi connectivity index (χ0n) is 17.3. The highest BCUT2D eigenvalue weighted by atomic mass is 35.5. The number of nitrogens with zero attached hydrogens (tertiary/aromatic N) is 1. The van der Waals surface area contributed by atoms with Crippen LogP contribution in [0.3, 0.4) is 0 Å². The van der Waals surface area contributed by atoms with Crippen molar-refractivity contribution in [3.8, 4) is 17.0 Å². The molecule has 3 rings (SSSR count). The van der Waals surface area contributed by atoms with Gasteiger partial charge in [0.05, 0.1) is 16.1 Å². The summed E-state index contributed by atoms with van der Waals surface area (Å²) in [6, 6.07) is 6.04. The molecule has 1 aliphatic rings. The molecular formula is C23H24Cl2F3NO3. The molecular weight excluding hydrogens is 466 g/mol. The van der Waals surface area contributed by atoms with E-state index in [1.807, 2.05) is 0 Å². The van der Waals surface area contributed by atoms with Crippen molar-refractivity contribution >= 4 is 29.0 Å². The molecule has 0 saturated heterocycles. The topological polar surface area (TPSA) is 59.4 Å². The Hall–Kier alpha value is -1.83. The minimum Gasteiger partial charge on any atom is -0.468 e. The number of aromatic nitrogens is 1. The number of rotatable bonds is 8. The Kier molecular flexibility index (Phi) is 8.42. The van der Waals surface area contributed by atoms with Gasteiger partial charge in [0.15, 0.2) is 12.4 Å². The van der Waals surface area contributed by atoms with Gasteiger partial charge < -0.3 is 9.84 Å². The highest BCUT2D eigenvalue weighted by Gasteiger charge is 2.29. The molecule has 1 heterocycles. The number of ketones is 1.